The van der Waals surface area contributed by atoms with Gasteiger partial charge in [0.2, 0.25) is 5.78 Å². The van der Waals surface area contributed by atoms with Crippen molar-refractivity contribution in [3.8, 4) is 0 Å². The number of hydrogen-bond donors (Lipinski definition) is 0. The second kappa shape index (κ2) is 8.30. The monoisotopic (exact) mass is 598 g/mol. The third kappa shape index (κ3) is 3.65. The van der Waals surface area contributed by atoms with Crippen LogP contribution >= 0.6 is 63.7 Å². The highest BCUT2D eigenvalue weighted by atomic mass is 79.9. The summed E-state index contributed by atoms with van der Waals surface area (Å²) in [7, 11) is 0. The Kier molecular flexibility index (Phi) is 6.28. The van der Waals surface area contributed by atoms with Crippen LogP contribution in [0.4, 0.5) is 0 Å². The highest BCUT2D eigenvalue weighted by molar-refractivity contribution is 9.17. The molecule has 2 aromatic carbocycles. The van der Waals surface area contributed by atoms with Gasteiger partial charge in [0.25, 0.3) is 0 Å². The molecule has 0 radical (unpaired) electrons. The van der Waals surface area contributed by atoms with E-state index >= 15 is 0 Å². The van der Waals surface area contributed by atoms with E-state index in [0.29, 0.717) is 40.2 Å². The molecule has 3 rings (SSSR count). The molecule has 0 saturated heterocycles. The number of allylic oxidation sites excluding steroid dienone is 6. The first-order valence-corrected chi connectivity index (χ1v) is 10.7. The van der Waals surface area contributed by atoms with Crippen LogP contribution in [0, 0.1) is 0 Å². The molecular formula is C20H10Br4O2. The number of carbonyl (C=O) groups excluding carboxylic acids is 2. The van der Waals surface area contributed by atoms with E-state index in [2.05, 4.69) is 63.7 Å². The summed E-state index contributed by atoms with van der Waals surface area (Å²) in [4.78, 5) is 26.3. The number of Topliss-reactive ketones (excluding diaryl/α,β-unsaturated/α-hetero) is 2. The summed E-state index contributed by atoms with van der Waals surface area (Å²) < 4.78 is 2.14. The van der Waals surface area contributed by atoms with Crippen LogP contribution in [0.3, 0.4) is 0 Å². The molecule has 1 aliphatic rings. The van der Waals surface area contributed by atoms with Crippen molar-refractivity contribution in [1.82, 2.24) is 0 Å². The van der Waals surface area contributed by atoms with Crippen molar-refractivity contribution in [2.75, 3.05) is 0 Å². The number of rotatable bonds is 3. The first-order chi connectivity index (χ1) is 12.4. The van der Waals surface area contributed by atoms with Crippen molar-refractivity contribution in [1.29, 1.82) is 0 Å². The second-order valence-corrected chi connectivity index (χ2v) is 8.57. The molecule has 0 N–H and O–H groups in total. The molecule has 0 heterocycles. The molecule has 6 heteroatoms. The second-order valence-electron chi connectivity index (χ2n) is 5.40. The number of halogens is 4. The van der Waals surface area contributed by atoms with E-state index in [9.17, 15) is 9.59 Å². The molecule has 26 heavy (non-hydrogen) atoms. The predicted octanol–water partition coefficient (Wildman–Crippen LogP) is 6.91. The van der Waals surface area contributed by atoms with Gasteiger partial charge in [0.15, 0.2) is 5.78 Å². The summed E-state index contributed by atoms with van der Waals surface area (Å²) in [5, 5.41) is 0. The molecule has 2 aromatic rings. The molecule has 0 saturated carbocycles. The average Bonchev–Trinajstić information content (AvgIpc) is 2.69. The standard InChI is InChI=1S/C20H10Br4O2/c21-15-14(20(26)18(24)17(23)16(15)22)13(11-7-3-1-4-8-11)19(25)12-9-5-2-6-10-12/h1-10H/b14-13-. The minimum atomic E-state index is -0.268. The Labute approximate surface area is 184 Å². The van der Waals surface area contributed by atoms with E-state index in [1.54, 1.807) is 24.3 Å². The van der Waals surface area contributed by atoms with Crippen molar-refractivity contribution >= 4 is 80.9 Å². The third-order valence-electron chi connectivity index (χ3n) is 3.80. The largest absolute Gasteiger partial charge is 0.289 e. The topological polar surface area (TPSA) is 34.1 Å². The van der Waals surface area contributed by atoms with Gasteiger partial charge < -0.3 is 0 Å². The van der Waals surface area contributed by atoms with Crippen molar-refractivity contribution in [3.05, 3.63) is 95.3 Å². The van der Waals surface area contributed by atoms with Gasteiger partial charge >= 0.3 is 0 Å². The van der Waals surface area contributed by atoms with Gasteiger partial charge in [-0.05, 0) is 69.3 Å². The van der Waals surface area contributed by atoms with Gasteiger partial charge in [-0.25, -0.2) is 0 Å². The molecule has 0 fully saturated rings. The van der Waals surface area contributed by atoms with Crippen LogP contribution < -0.4 is 0 Å². The number of benzene rings is 2. The summed E-state index contributed by atoms with van der Waals surface area (Å²) in [5.74, 6) is -0.481. The van der Waals surface area contributed by atoms with Crippen LogP contribution in [0.2, 0.25) is 0 Å². The van der Waals surface area contributed by atoms with Gasteiger partial charge in [-0.1, -0.05) is 60.7 Å². The molecule has 1 aliphatic carbocycles. The van der Waals surface area contributed by atoms with E-state index in [4.69, 9.17) is 0 Å². The highest BCUT2D eigenvalue weighted by Gasteiger charge is 2.33. The minimum Gasteiger partial charge on any atom is -0.289 e. The average molecular weight is 602 g/mol. The van der Waals surface area contributed by atoms with E-state index in [-0.39, 0.29) is 11.6 Å². The van der Waals surface area contributed by atoms with Gasteiger partial charge in [-0.3, -0.25) is 9.59 Å². The zero-order valence-corrected chi connectivity index (χ0v) is 19.4. The van der Waals surface area contributed by atoms with Gasteiger partial charge in [-0.15, -0.1) is 0 Å². The molecule has 0 atom stereocenters. The van der Waals surface area contributed by atoms with E-state index in [1.165, 1.54) is 0 Å². The van der Waals surface area contributed by atoms with Crippen LogP contribution in [-0.2, 0) is 4.79 Å². The molecule has 0 aromatic heterocycles. The Morgan fingerprint density at radius 3 is 1.62 bits per heavy atom. The first kappa shape index (κ1) is 19.7. The lowest BCUT2D eigenvalue weighted by Gasteiger charge is -2.20. The maximum atomic E-state index is 13.3. The first-order valence-electron chi connectivity index (χ1n) is 7.49. The Bertz CT molecular complexity index is 987. The van der Waals surface area contributed by atoms with Crippen LogP contribution in [0.5, 0.6) is 0 Å². The third-order valence-corrected chi connectivity index (χ3v) is 8.53. The molecule has 130 valence electrons. The normalized spacial score (nSPS) is 16.8. The SMILES string of the molecule is O=C1C(Br)=C(Br)C(Br)=C(Br)/C1=C(/C(=O)c1ccccc1)c1ccccc1. The fourth-order valence-electron chi connectivity index (χ4n) is 2.56. The van der Waals surface area contributed by atoms with E-state index in [1.807, 2.05) is 36.4 Å². The molecule has 0 unspecified atom stereocenters. The molecular weight excluding hydrogens is 592 g/mol. The maximum Gasteiger partial charge on any atom is 0.203 e. The Hall–Kier alpha value is -1.08. The number of hydrogen-bond acceptors (Lipinski definition) is 2. The molecule has 0 spiro atoms. The molecule has 2 nitrogen and oxygen atoms in total. The Morgan fingerprint density at radius 2 is 1.08 bits per heavy atom. The summed E-state index contributed by atoms with van der Waals surface area (Å²) in [6, 6.07) is 18.1. The summed E-state index contributed by atoms with van der Waals surface area (Å²) in [6.07, 6.45) is 0. The Morgan fingerprint density at radius 1 is 0.615 bits per heavy atom. The van der Waals surface area contributed by atoms with Gasteiger partial charge in [-0.2, -0.15) is 0 Å². The van der Waals surface area contributed by atoms with Gasteiger partial charge in [0.1, 0.15) is 0 Å². The van der Waals surface area contributed by atoms with Crippen molar-refractivity contribution in [2.24, 2.45) is 0 Å². The van der Waals surface area contributed by atoms with Gasteiger partial charge in [0.05, 0.1) is 14.5 Å². The van der Waals surface area contributed by atoms with Crippen molar-refractivity contribution in [3.63, 3.8) is 0 Å². The van der Waals surface area contributed by atoms with Crippen LogP contribution in [0.25, 0.3) is 5.57 Å². The zero-order valence-electron chi connectivity index (χ0n) is 13.1. The minimum absolute atomic E-state index is 0.212. The number of carbonyl (C=O) groups is 2. The molecule has 0 bridgehead atoms. The maximum absolute atomic E-state index is 13.3. The van der Waals surface area contributed by atoms with Crippen molar-refractivity contribution in [2.45, 2.75) is 0 Å². The van der Waals surface area contributed by atoms with E-state index in [0.717, 1.165) is 0 Å². The zero-order chi connectivity index (χ0) is 18.8. The van der Waals surface area contributed by atoms with Crippen LogP contribution in [0.15, 0.2) is 84.2 Å². The lowest BCUT2D eigenvalue weighted by Crippen LogP contribution is -2.16. The predicted molar refractivity (Wildman–Crippen MR) is 119 cm³/mol. The fourth-order valence-corrected chi connectivity index (χ4v) is 4.84. The Balaban J connectivity index is 2.34. The summed E-state index contributed by atoms with van der Waals surface area (Å²) >= 11 is 13.7. The lowest BCUT2D eigenvalue weighted by molar-refractivity contribution is -0.111. The van der Waals surface area contributed by atoms with Crippen LogP contribution in [-0.4, -0.2) is 11.6 Å². The summed E-state index contributed by atoms with van der Waals surface area (Å²) in [5.41, 5.74) is 1.86. The fraction of sp³-hybridized carbons (Fsp3) is 0. The molecule has 0 amide bonds. The molecule has 0 aliphatic heterocycles. The number of ketones is 2. The van der Waals surface area contributed by atoms with Crippen LogP contribution in [0.1, 0.15) is 15.9 Å². The smallest absolute Gasteiger partial charge is 0.203 e. The lowest BCUT2D eigenvalue weighted by atomic mass is 9.89. The quantitative estimate of drug-likeness (QED) is 0.283. The van der Waals surface area contributed by atoms with Gasteiger partial charge in [0, 0.05) is 20.1 Å². The highest BCUT2D eigenvalue weighted by Crippen LogP contribution is 2.45. The van der Waals surface area contributed by atoms with Crippen molar-refractivity contribution < 1.29 is 9.59 Å². The van der Waals surface area contributed by atoms with E-state index < -0.39 is 0 Å². The summed E-state index contributed by atoms with van der Waals surface area (Å²) in [6.45, 7) is 0.